The molecule has 0 bridgehead atoms. The minimum Gasteiger partial charge on any atom is -0.459 e. The third kappa shape index (κ3) is 1.55. The first kappa shape index (κ1) is 10.5. The number of epoxide rings is 1. The summed E-state index contributed by atoms with van der Waals surface area (Å²) < 4.78 is 21.3. The maximum atomic E-state index is 11.7. The first-order valence-corrected chi connectivity index (χ1v) is 6.01. The lowest BCUT2D eigenvalue weighted by molar-refractivity contribution is -0.307. The summed E-state index contributed by atoms with van der Waals surface area (Å²) in [5, 5.41) is 0. The van der Waals surface area contributed by atoms with Crippen molar-refractivity contribution < 1.29 is 23.7 Å². The lowest BCUT2D eigenvalue weighted by Crippen LogP contribution is -2.52. The van der Waals surface area contributed by atoms with Crippen LogP contribution in [0.15, 0.2) is 30.3 Å². The summed E-state index contributed by atoms with van der Waals surface area (Å²) in [5.41, 5.74) is 0.552. The largest absolute Gasteiger partial charge is 0.459 e. The number of carbonyl (C=O) groups is 1. The van der Waals surface area contributed by atoms with Crippen LogP contribution in [0.3, 0.4) is 0 Å². The van der Waals surface area contributed by atoms with Gasteiger partial charge in [0.05, 0.1) is 11.5 Å². The lowest BCUT2D eigenvalue weighted by atomic mass is 9.94. The van der Waals surface area contributed by atoms with Gasteiger partial charge in [0.15, 0.2) is 12.6 Å². The third-order valence-electron chi connectivity index (χ3n) is 3.57. The fraction of sp³-hybridized carbons (Fsp3) is 0.462. The zero-order valence-electron chi connectivity index (χ0n) is 9.52. The molecule has 0 radical (unpaired) electrons. The number of ether oxygens (including phenoxy) is 4. The predicted octanol–water partition coefficient (Wildman–Crippen LogP) is 0.940. The van der Waals surface area contributed by atoms with Crippen molar-refractivity contribution in [1.82, 2.24) is 0 Å². The molecule has 3 heterocycles. The van der Waals surface area contributed by atoms with Crippen LogP contribution in [0.2, 0.25) is 0 Å². The van der Waals surface area contributed by atoms with Crippen molar-refractivity contribution in [3.05, 3.63) is 35.9 Å². The molecule has 18 heavy (non-hydrogen) atoms. The van der Waals surface area contributed by atoms with Gasteiger partial charge in [-0.15, -0.1) is 0 Å². The Balaban J connectivity index is 1.33. The molecule has 4 rings (SSSR count). The Hall–Kier alpha value is -1.43. The van der Waals surface area contributed by atoms with Gasteiger partial charge in [0.1, 0.15) is 18.8 Å². The molecule has 0 unspecified atom stereocenters. The maximum Gasteiger partial charge on any atom is 0.338 e. The van der Waals surface area contributed by atoms with Crippen molar-refractivity contribution in [1.29, 1.82) is 0 Å². The molecular formula is C13H12O5. The Morgan fingerprint density at radius 1 is 1.11 bits per heavy atom. The predicted molar refractivity (Wildman–Crippen MR) is 58.6 cm³/mol. The first-order valence-electron chi connectivity index (χ1n) is 6.01. The Morgan fingerprint density at radius 3 is 2.72 bits per heavy atom. The summed E-state index contributed by atoms with van der Waals surface area (Å²) in [6.45, 7) is 0.255. The molecule has 5 atom stereocenters. The number of benzene rings is 1. The highest BCUT2D eigenvalue weighted by Gasteiger charge is 2.66. The summed E-state index contributed by atoms with van der Waals surface area (Å²) in [5.74, 6) is -0.103. The van der Waals surface area contributed by atoms with Crippen LogP contribution in [0.4, 0.5) is 0 Å². The molecule has 3 aliphatic rings. The molecule has 5 nitrogen and oxygen atoms in total. The van der Waals surface area contributed by atoms with Crippen LogP contribution in [0.5, 0.6) is 0 Å². The summed E-state index contributed by atoms with van der Waals surface area (Å²) in [4.78, 5) is 11.7. The molecule has 1 aromatic carbocycles. The molecule has 5 heteroatoms. The molecular weight excluding hydrogens is 236 g/mol. The number of carbonyl (C=O) groups excluding carboxylic acids is 1. The van der Waals surface area contributed by atoms with Crippen molar-refractivity contribution in [2.75, 3.05) is 6.61 Å². The van der Waals surface area contributed by atoms with E-state index in [0.29, 0.717) is 5.56 Å². The van der Waals surface area contributed by atoms with E-state index in [-0.39, 0.29) is 43.3 Å². The van der Waals surface area contributed by atoms with Crippen LogP contribution >= 0.6 is 0 Å². The van der Waals surface area contributed by atoms with Crippen molar-refractivity contribution in [3.63, 3.8) is 0 Å². The second kappa shape index (κ2) is 3.78. The zero-order chi connectivity index (χ0) is 12.1. The Morgan fingerprint density at radius 2 is 1.94 bits per heavy atom. The van der Waals surface area contributed by atoms with Crippen LogP contribution in [0, 0.1) is 5.92 Å². The van der Waals surface area contributed by atoms with E-state index in [0.717, 1.165) is 0 Å². The average molecular weight is 248 g/mol. The quantitative estimate of drug-likeness (QED) is 0.588. The van der Waals surface area contributed by atoms with Crippen LogP contribution in [0.1, 0.15) is 10.4 Å². The van der Waals surface area contributed by atoms with Gasteiger partial charge in [-0.3, -0.25) is 0 Å². The number of rotatable bonds is 3. The molecule has 1 aromatic rings. The number of hydrogen-bond donors (Lipinski definition) is 0. The van der Waals surface area contributed by atoms with Gasteiger partial charge >= 0.3 is 5.97 Å². The molecule has 94 valence electrons. The van der Waals surface area contributed by atoms with Gasteiger partial charge in [-0.05, 0) is 12.1 Å². The van der Waals surface area contributed by atoms with Crippen molar-refractivity contribution in [3.8, 4) is 0 Å². The highest BCUT2D eigenvalue weighted by molar-refractivity contribution is 5.89. The second-order valence-corrected chi connectivity index (χ2v) is 4.69. The van der Waals surface area contributed by atoms with E-state index in [1.54, 1.807) is 24.3 Å². The molecule has 3 fully saturated rings. The topological polar surface area (TPSA) is 57.3 Å². The molecule has 0 spiro atoms. The van der Waals surface area contributed by atoms with Gasteiger partial charge in [-0.2, -0.15) is 0 Å². The van der Waals surface area contributed by atoms with Crippen LogP contribution in [-0.4, -0.2) is 37.4 Å². The molecule has 3 saturated heterocycles. The number of esters is 1. The Labute approximate surface area is 104 Å². The third-order valence-corrected chi connectivity index (χ3v) is 3.57. The van der Waals surface area contributed by atoms with E-state index in [1.165, 1.54) is 0 Å². The van der Waals surface area contributed by atoms with Crippen LogP contribution in [-0.2, 0) is 18.9 Å². The smallest absolute Gasteiger partial charge is 0.338 e. The summed E-state index contributed by atoms with van der Waals surface area (Å²) in [7, 11) is 0. The van der Waals surface area contributed by atoms with Gasteiger partial charge in [0.25, 0.3) is 0 Å². The van der Waals surface area contributed by atoms with Crippen LogP contribution < -0.4 is 0 Å². The number of hydrogen-bond acceptors (Lipinski definition) is 5. The summed E-state index contributed by atoms with van der Waals surface area (Å²) >= 11 is 0. The summed E-state index contributed by atoms with van der Waals surface area (Å²) in [6, 6.07) is 8.92. The standard InChI is InChI=1S/C13H12O5/c14-11(7-4-2-1-3-5-7)15-6-8-9-10-13(17-10)18-12(9)16-8/h1-5,8-10,12-13H,6H2/t8-,9+,10+,12-,13-/m1/s1. The van der Waals surface area contributed by atoms with Gasteiger partial charge < -0.3 is 18.9 Å². The SMILES string of the molecule is O=C(OC[C@H]1O[C@@H]2O[C@H]3O[C@H]3[C@@H]21)c1ccccc1. The fourth-order valence-corrected chi connectivity index (χ4v) is 2.52. The molecule has 0 N–H and O–H groups in total. The normalized spacial score (nSPS) is 39.4. The van der Waals surface area contributed by atoms with E-state index in [1.807, 2.05) is 6.07 Å². The Bertz CT molecular complexity index is 472. The average Bonchev–Trinajstić information content (AvgIpc) is 3.06. The van der Waals surface area contributed by atoms with Gasteiger partial charge in [-0.25, -0.2) is 4.79 Å². The monoisotopic (exact) mass is 248 g/mol. The first-order chi connectivity index (χ1) is 8.83. The van der Waals surface area contributed by atoms with Crippen molar-refractivity contribution in [2.45, 2.75) is 24.8 Å². The van der Waals surface area contributed by atoms with Gasteiger partial charge in [0.2, 0.25) is 0 Å². The lowest BCUT2D eigenvalue weighted by Gasteiger charge is -2.39. The molecule has 0 amide bonds. The van der Waals surface area contributed by atoms with E-state index in [4.69, 9.17) is 18.9 Å². The second-order valence-electron chi connectivity index (χ2n) is 4.69. The molecule has 0 aromatic heterocycles. The Kier molecular flexibility index (Phi) is 2.20. The maximum absolute atomic E-state index is 11.7. The summed E-state index contributed by atoms with van der Waals surface area (Å²) in [6.07, 6.45) is -0.201. The molecule has 3 aliphatic heterocycles. The van der Waals surface area contributed by atoms with Gasteiger partial charge in [0, 0.05) is 0 Å². The van der Waals surface area contributed by atoms with E-state index in [9.17, 15) is 4.79 Å². The van der Waals surface area contributed by atoms with E-state index < -0.39 is 0 Å². The molecule has 0 saturated carbocycles. The minimum atomic E-state index is -0.324. The highest BCUT2D eigenvalue weighted by Crippen LogP contribution is 2.50. The zero-order valence-corrected chi connectivity index (χ0v) is 9.52. The fourth-order valence-electron chi connectivity index (χ4n) is 2.52. The number of fused-ring (bicyclic) bond motifs is 3. The highest BCUT2D eigenvalue weighted by atomic mass is 16.9. The van der Waals surface area contributed by atoms with Crippen LogP contribution in [0.25, 0.3) is 0 Å². The minimum absolute atomic E-state index is 0.0881. The van der Waals surface area contributed by atoms with Crippen molar-refractivity contribution in [2.24, 2.45) is 5.92 Å². The molecule has 0 aliphatic carbocycles. The van der Waals surface area contributed by atoms with Gasteiger partial charge in [-0.1, -0.05) is 18.2 Å². The van der Waals surface area contributed by atoms with E-state index >= 15 is 0 Å². The van der Waals surface area contributed by atoms with Crippen molar-refractivity contribution >= 4 is 5.97 Å². The van der Waals surface area contributed by atoms with E-state index in [2.05, 4.69) is 0 Å².